The topological polar surface area (TPSA) is 41.3 Å². The normalized spacial score (nSPS) is 19.9. The van der Waals surface area contributed by atoms with E-state index in [4.69, 9.17) is 4.42 Å². The van der Waals surface area contributed by atoms with Crippen molar-refractivity contribution >= 4 is 5.82 Å². The van der Waals surface area contributed by atoms with E-state index in [1.165, 1.54) is 6.42 Å². The van der Waals surface area contributed by atoms with Gasteiger partial charge in [-0.1, -0.05) is 6.07 Å². The van der Waals surface area contributed by atoms with E-state index in [0.29, 0.717) is 12.1 Å². The molecule has 4 heteroatoms. The number of aryl methyl sites for hydroxylation is 1. The van der Waals surface area contributed by atoms with Gasteiger partial charge in [0.1, 0.15) is 11.6 Å². The van der Waals surface area contributed by atoms with Crippen LogP contribution in [-0.2, 0) is 6.42 Å². The lowest BCUT2D eigenvalue weighted by Gasteiger charge is -2.20. The Morgan fingerprint density at radius 1 is 1.38 bits per heavy atom. The number of nitrogens with zero attached hydrogens (tertiary/aromatic N) is 2. The molecule has 1 N–H and O–H groups in total. The summed E-state index contributed by atoms with van der Waals surface area (Å²) in [5, 5.41) is 3.73. The molecule has 1 aliphatic rings. The van der Waals surface area contributed by atoms with Crippen LogP contribution < -0.4 is 10.2 Å². The van der Waals surface area contributed by atoms with E-state index in [0.717, 1.165) is 37.5 Å². The van der Waals surface area contributed by atoms with E-state index in [1.54, 1.807) is 6.26 Å². The third-order valence-corrected chi connectivity index (χ3v) is 4.09. The van der Waals surface area contributed by atoms with E-state index in [1.807, 2.05) is 24.4 Å². The first-order valence-electron chi connectivity index (χ1n) is 7.75. The first kappa shape index (κ1) is 14.1. The number of pyridine rings is 1. The van der Waals surface area contributed by atoms with Gasteiger partial charge in [0.05, 0.1) is 6.26 Å². The first-order chi connectivity index (χ1) is 10.3. The Hall–Kier alpha value is -1.81. The van der Waals surface area contributed by atoms with Crippen molar-refractivity contribution < 1.29 is 4.42 Å². The Morgan fingerprint density at radius 3 is 3.10 bits per heavy atom. The molecular weight excluding hydrogens is 262 g/mol. The molecule has 2 aromatic heterocycles. The molecule has 0 radical (unpaired) electrons. The van der Waals surface area contributed by atoms with Crippen molar-refractivity contribution in [2.75, 3.05) is 18.0 Å². The first-order valence-corrected chi connectivity index (χ1v) is 7.75. The molecule has 0 saturated carbocycles. The fourth-order valence-electron chi connectivity index (χ4n) is 2.94. The second kappa shape index (κ2) is 6.76. The highest BCUT2D eigenvalue weighted by Crippen LogP contribution is 2.18. The summed E-state index contributed by atoms with van der Waals surface area (Å²) in [7, 11) is 0. The predicted molar refractivity (Wildman–Crippen MR) is 84.5 cm³/mol. The van der Waals surface area contributed by atoms with E-state index < -0.39 is 0 Å². The Bertz CT molecular complexity index is 526. The Labute approximate surface area is 126 Å². The summed E-state index contributed by atoms with van der Waals surface area (Å²) in [5.41, 5.74) is 0. The monoisotopic (exact) mass is 285 g/mol. The van der Waals surface area contributed by atoms with E-state index >= 15 is 0 Å². The fourth-order valence-corrected chi connectivity index (χ4v) is 2.94. The average molecular weight is 285 g/mol. The third kappa shape index (κ3) is 3.85. The molecule has 1 aliphatic heterocycles. The summed E-state index contributed by atoms with van der Waals surface area (Å²) < 4.78 is 5.38. The minimum atomic E-state index is 0.504. The van der Waals surface area contributed by atoms with Crippen LogP contribution in [-0.4, -0.2) is 30.2 Å². The van der Waals surface area contributed by atoms with Crippen molar-refractivity contribution in [3.05, 3.63) is 48.6 Å². The van der Waals surface area contributed by atoms with Crippen molar-refractivity contribution in [2.45, 2.75) is 38.3 Å². The summed E-state index contributed by atoms with van der Waals surface area (Å²) in [5.74, 6) is 2.16. The predicted octanol–water partition coefficient (Wildman–Crippen LogP) is 2.86. The van der Waals surface area contributed by atoms with Gasteiger partial charge in [-0.05, 0) is 44.0 Å². The van der Waals surface area contributed by atoms with Gasteiger partial charge in [0.15, 0.2) is 0 Å². The van der Waals surface area contributed by atoms with Crippen LogP contribution >= 0.6 is 0 Å². The molecule has 2 aromatic rings. The van der Waals surface area contributed by atoms with Gasteiger partial charge < -0.3 is 14.6 Å². The number of furan rings is 1. The SMILES string of the molecule is C[C@H](CCc1ccco1)N[C@@H]1CCN(c2ccccn2)C1. The quantitative estimate of drug-likeness (QED) is 0.886. The standard InChI is InChI=1S/C17H23N3O/c1-14(7-8-16-5-4-12-21-16)19-15-9-11-20(13-15)17-6-2-3-10-18-17/h2-6,10,12,14-15,19H,7-9,11,13H2,1H3/t14-,15-/m1/s1. The van der Waals surface area contributed by atoms with Gasteiger partial charge >= 0.3 is 0 Å². The van der Waals surface area contributed by atoms with Crippen LogP contribution in [0.4, 0.5) is 5.82 Å². The maximum absolute atomic E-state index is 5.38. The Kier molecular flexibility index (Phi) is 4.55. The fraction of sp³-hybridized carbons (Fsp3) is 0.471. The summed E-state index contributed by atoms with van der Waals surface area (Å²) >= 11 is 0. The van der Waals surface area contributed by atoms with Gasteiger partial charge in [0.25, 0.3) is 0 Å². The molecule has 4 nitrogen and oxygen atoms in total. The van der Waals surface area contributed by atoms with E-state index in [-0.39, 0.29) is 0 Å². The van der Waals surface area contributed by atoms with Crippen LogP contribution in [0.5, 0.6) is 0 Å². The number of anilines is 1. The molecule has 112 valence electrons. The maximum atomic E-state index is 5.38. The molecule has 0 spiro atoms. The average Bonchev–Trinajstić information content (AvgIpc) is 3.17. The summed E-state index contributed by atoms with van der Waals surface area (Å²) in [4.78, 5) is 6.79. The van der Waals surface area contributed by atoms with Gasteiger partial charge in [-0.15, -0.1) is 0 Å². The molecule has 0 unspecified atom stereocenters. The van der Waals surface area contributed by atoms with E-state index in [2.05, 4.69) is 34.3 Å². The molecule has 0 aromatic carbocycles. The molecule has 21 heavy (non-hydrogen) atoms. The molecule has 3 rings (SSSR count). The zero-order valence-corrected chi connectivity index (χ0v) is 12.5. The molecule has 0 bridgehead atoms. The molecule has 0 aliphatic carbocycles. The maximum Gasteiger partial charge on any atom is 0.128 e. The largest absolute Gasteiger partial charge is 0.469 e. The summed E-state index contributed by atoms with van der Waals surface area (Å²) in [6.07, 6.45) is 6.89. The lowest BCUT2D eigenvalue weighted by molar-refractivity contribution is 0.425. The van der Waals surface area contributed by atoms with Crippen molar-refractivity contribution in [3.63, 3.8) is 0 Å². The van der Waals surface area contributed by atoms with Crippen LogP contribution in [0.15, 0.2) is 47.2 Å². The van der Waals surface area contributed by atoms with Crippen molar-refractivity contribution in [2.24, 2.45) is 0 Å². The second-order valence-corrected chi connectivity index (χ2v) is 5.81. The Morgan fingerprint density at radius 2 is 2.33 bits per heavy atom. The van der Waals surface area contributed by atoms with Crippen LogP contribution in [0.1, 0.15) is 25.5 Å². The van der Waals surface area contributed by atoms with Gasteiger partial charge in [0.2, 0.25) is 0 Å². The van der Waals surface area contributed by atoms with E-state index in [9.17, 15) is 0 Å². The van der Waals surface area contributed by atoms with Gasteiger partial charge in [-0.2, -0.15) is 0 Å². The van der Waals surface area contributed by atoms with Crippen LogP contribution in [0.2, 0.25) is 0 Å². The van der Waals surface area contributed by atoms with Crippen LogP contribution in [0, 0.1) is 0 Å². The molecule has 1 saturated heterocycles. The number of aromatic nitrogens is 1. The van der Waals surface area contributed by atoms with Crippen molar-refractivity contribution in [1.29, 1.82) is 0 Å². The van der Waals surface area contributed by atoms with Crippen LogP contribution in [0.3, 0.4) is 0 Å². The summed E-state index contributed by atoms with van der Waals surface area (Å²) in [6.45, 7) is 4.38. The minimum Gasteiger partial charge on any atom is -0.469 e. The lowest BCUT2D eigenvalue weighted by Crippen LogP contribution is -2.38. The molecular formula is C17H23N3O. The van der Waals surface area contributed by atoms with Gasteiger partial charge in [0, 0.05) is 37.8 Å². The second-order valence-electron chi connectivity index (χ2n) is 5.81. The number of hydrogen-bond acceptors (Lipinski definition) is 4. The molecule has 0 amide bonds. The third-order valence-electron chi connectivity index (χ3n) is 4.09. The number of nitrogens with one attached hydrogen (secondary N) is 1. The van der Waals surface area contributed by atoms with Crippen molar-refractivity contribution in [3.8, 4) is 0 Å². The zero-order valence-electron chi connectivity index (χ0n) is 12.5. The highest BCUT2D eigenvalue weighted by atomic mass is 16.3. The smallest absolute Gasteiger partial charge is 0.128 e. The van der Waals surface area contributed by atoms with Gasteiger partial charge in [-0.25, -0.2) is 4.98 Å². The number of rotatable bonds is 6. The number of hydrogen-bond donors (Lipinski definition) is 1. The molecule has 1 fully saturated rings. The Balaban J connectivity index is 1.44. The van der Waals surface area contributed by atoms with Crippen LogP contribution in [0.25, 0.3) is 0 Å². The van der Waals surface area contributed by atoms with Crippen molar-refractivity contribution in [1.82, 2.24) is 10.3 Å². The minimum absolute atomic E-state index is 0.504. The molecule has 3 heterocycles. The summed E-state index contributed by atoms with van der Waals surface area (Å²) in [6, 6.07) is 11.2. The molecule has 2 atom stereocenters. The van der Waals surface area contributed by atoms with Gasteiger partial charge in [-0.3, -0.25) is 0 Å². The highest BCUT2D eigenvalue weighted by Gasteiger charge is 2.24. The highest BCUT2D eigenvalue weighted by molar-refractivity contribution is 5.39. The zero-order chi connectivity index (χ0) is 14.5. The lowest BCUT2D eigenvalue weighted by atomic mass is 10.1.